The van der Waals surface area contributed by atoms with E-state index in [0.29, 0.717) is 5.69 Å². The number of hydrogen-bond acceptors (Lipinski definition) is 3. The summed E-state index contributed by atoms with van der Waals surface area (Å²) in [6.07, 6.45) is 1.67. The van der Waals surface area contributed by atoms with E-state index in [4.69, 9.17) is 5.26 Å². The van der Waals surface area contributed by atoms with Crippen LogP contribution in [0.3, 0.4) is 0 Å². The number of aromatic nitrogens is 1. The predicted molar refractivity (Wildman–Crippen MR) is 61.7 cm³/mol. The molecule has 0 saturated carbocycles. The molecule has 0 radical (unpaired) electrons. The fraction of sp³-hybridized carbons (Fsp3) is 0.500. The summed E-state index contributed by atoms with van der Waals surface area (Å²) in [5.41, 5.74) is 1.75. The van der Waals surface area contributed by atoms with Gasteiger partial charge in [-0.25, -0.2) is 4.98 Å². The maximum absolute atomic E-state index is 8.75. The SMILES string of the molecule is CN(CC(C)(C)C)c1ccnc(C#N)c1. The highest BCUT2D eigenvalue weighted by Crippen LogP contribution is 2.19. The van der Waals surface area contributed by atoms with Crippen molar-refractivity contribution in [3.8, 4) is 6.07 Å². The minimum Gasteiger partial charge on any atom is -0.374 e. The van der Waals surface area contributed by atoms with Gasteiger partial charge in [0, 0.05) is 25.5 Å². The third-order valence-electron chi connectivity index (χ3n) is 2.01. The Morgan fingerprint density at radius 2 is 2.13 bits per heavy atom. The Hall–Kier alpha value is -1.56. The van der Waals surface area contributed by atoms with E-state index in [0.717, 1.165) is 12.2 Å². The summed E-state index contributed by atoms with van der Waals surface area (Å²) in [5.74, 6) is 0. The molecule has 0 unspecified atom stereocenters. The van der Waals surface area contributed by atoms with Crippen LogP contribution in [0.15, 0.2) is 18.3 Å². The Morgan fingerprint density at radius 3 is 2.67 bits per heavy atom. The van der Waals surface area contributed by atoms with Gasteiger partial charge < -0.3 is 4.90 Å². The molecule has 0 bridgehead atoms. The van der Waals surface area contributed by atoms with Gasteiger partial charge in [-0.3, -0.25) is 0 Å². The summed E-state index contributed by atoms with van der Waals surface area (Å²) in [4.78, 5) is 6.09. The maximum Gasteiger partial charge on any atom is 0.142 e. The fourth-order valence-corrected chi connectivity index (χ4v) is 1.52. The van der Waals surface area contributed by atoms with E-state index in [1.54, 1.807) is 6.20 Å². The summed E-state index contributed by atoms with van der Waals surface area (Å²) in [6, 6.07) is 5.78. The van der Waals surface area contributed by atoms with E-state index in [2.05, 4.69) is 30.7 Å². The van der Waals surface area contributed by atoms with Gasteiger partial charge in [0.25, 0.3) is 0 Å². The standard InChI is InChI=1S/C12H17N3/c1-12(2,3)9-15(4)11-5-6-14-10(7-11)8-13/h5-7H,9H2,1-4H3. The van der Waals surface area contributed by atoms with Crippen LogP contribution >= 0.6 is 0 Å². The van der Waals surface area contributed by atoms with Crippen LogP contribution in [0.2, 0.25) is 0 Å². The lowest BCUT2D eigenvalue weighted by molar-refractivity contribution is 0.419. The van der Waals surface area contributed by atoms with Crippen LogP contribution < -0.4 is 4.90 Å². The monoisotopic (exact) mass is 203 g/mol. The molecule has 0 aromatic carbocycles. The van der Waals surface area contributed by atoms with E-state index in [1.807, 2.05) is 25.2 Å². The Balaban J connectivity index is 2.83. The van der Waals surface area contributed by atoms with E-state index in [-0.39, 0.29) is 5.41 Å². The van der Waals surface area contributed by atoms with E-state index >= 15 is 0 Å². The Bertz CT molecular complexity index is 371. The summed E-state index contributed by atoms with van der Waals surface area (Å²) < 4.78 is 0. The first-order chi connectivity index (χ1) is 6.92. The molecule has 0 aliphatic heterocycles. The van der Waals surface area contributed by atoms with Crippen molar-refractivity contribution in [1.82, 2.24) is 4.98 Å². The largest absolute Gasteiger partial charge is 0.374 e. The average molecular weight is 203 g/mol. The normalized spacial score (nSPS) is 10.9. The van der Waals surface area contributed by atoms with Gasteiger partial charge in [-0.2, -0.15) is 5.26 Å². The summed E-state index contributed by atoms with van der Waals surface area (Å²) in [7, 11) is 2.03. The first kappa shape index (κ1) is 11.5. The molecule has 15 heavy (non-hydrogen) atoms. The molecule has 0 aliphatic carbocycles. The van der Waals surface area contributed by atoms with Crippen molar-refractivity contribution in [2.45, 2.75) is 20.8 Å². The smallest absolute Gasteiger partial charge is 0.142 e. The molecule has 0 aliphatic rings. The molecule has 1 aromatic heterocycles. The van der Waals surface area contributed by atoms with E-state index in [9.17, 15) is 0 Å². The highest BCUT2D eigenvalue weighted by Gasteiger charge is 2.14. The van der Waals surface area contributed by atoms with Crippen LogP contribution in [0, 0.1) is 16.7 Å². The number of pyridine rings is 1. The van der Waals surface area contributed by atoms with Crippen molar-refractivity contribution in [3.63, 3.8) is 0 Å². The van der Waals surface area contributed by atoms with Gasteiger partial charge in [0.1, 0.15) is 11.8 Å². The molecule has 0 saturated heterocycles. The van der Waals surface area contributed by atoms with Crippen LogP contribution in [0.1, 0.15) is 26.5 Å². The molecule has 80 valence electrons. The van der Waals surface area contributed by atoms with Gasteiger partial charge in [0.15, 0.2) is 0 Å². The van der Waals surface area contributed by atoms with Crippen LogP contribution in [-0.4, -0.2) is 18.6 Å². The number of nitriles is 1. The van der Waals surface area contributed by atoms with E-state index in [1.165, 1.54) is 0 Å². The van der Waals surface area contributed by atoms with Crippen molar-refractivity contribution in [3.05, 3.63) is 24.0 Å². The van der Waals surface area contributed by atoms with Crippen molar-refractivity contribution in [1.29, 1.82) is 5.26 Å². The zero-order valence-corrected chi connectivity index (χ0v) is 9.78. The third-order valence-corrected chi connectivity index (χ3v) is 2.01. The highest BCUT2D eigenvalue weighted by molar-refractivity contribution is 5.48. The van der Waals surface area contributed by atoms with Crippen molar-refractivity contribution in [2.75, 3.05) is 18.5 Å². The number of anilines is 1. The Morgan fingerprint density at radius 1 is 1.47 bits per heavy atom. The molecule has 0 atom stereocenters. The van der Waals surface area contributed by atoms with Gasteiger partial charge in [-0.05, 0) is 17.5 Å². The van der Waals surface area contributed by atoms with Crippen LogP contribution in [-0.2, 0) is 0 Å². The zero-order chi connectivity index (χ0) is 11.5. The molecule has 1 aromatic rings. The first-order valence-electron chi connectivity index (χ1n) is 5.00. The lowest BCUT2D eigenvalue weighted by Gasteiger charge is -2.28. The van der Waals surface area contributed by atoms with Gasteiger partial charge in [-0.15, -0.1) is 0 Å². The minimum atomic E-state index is 0.241. The van der Waals surface area contributed by atoms with Crippen LogP contribution in [0.4, 0.5) is 5.69 Å². The second-order valence-electron chi connectivity index (χ2n) is 4.93. The van der Waals surface area contributed by atoms with E-state index < -0.39 is 0 Å². The Labute approximate surface area is 91.4 Å². The molecule has 3 heteroatoms. The fourth-order valence-electron chi connectivity index (χ4n) is 1.52. The molecule has 0 fully saturated rings. The Kier molecular flexibility index (Phi) is 3.31. The molecule has 1 heterocycles. The zero-order valence-electron chi connectivity index (χ0n) is 9.78. The number of hydrogen-bond donors (Lipinski definition) is 0. The summed E-state index contributed by atoms with van der Waals surface area (Å²) in [6.45, 7) is 7.52. The molecule has 3 nitrogen and oxygen atoms in total. The van der Waals surface area contributed by atoms with Gasteiger partial charge >= 0.3 is 0 Å². The first-order valence-corrected chi connectivity index (χ1v) is 5.00. The molecule has 1 rings (SSSR count). The van der Waals surface area contributed by atoms with Gasteiger partial charge in [0.2, 0.25) is 0 Å². The van der Waals surface area contributed by atoms with Gasteiger partial charge in [-0.1, -0.05) is 20.8 Å². The minimum absolute atomic E-state index is 0.241. The molecular weight excluding hydrogens is 186 g/mol. The molecule has 0 N–H and O–H groups in total. The maximum atomic E-state index is 8.75. The summed E-state index contributed by atoms with van der Waals surface area (Å²) in [5, 5.41) is 8.75. The van der Waals surface area contributed by atoms with Gasteiger partial charge in [0.05, 0.1) is 0 Å². The second kappa shape index (κ2) is 4.31. The number of rotatable bonds is 2. The molecule has 0 amide bonds. The van der Waals surface area contributed by atoms with Crippen molar-refractivity contribution >= 4 is 5.69 Å². The lowest BCUT2D eigenvalue weighted by Crippen LogP contribution is -2.29. The van der Waals surface area contributed by atoms with Crippen molar-refractivity contribution < 1.29 is 0 Å². The average Bonchev–Trinajstić information content (AvgIpc) is 2.15. The molecule has 0 spiro atoms. The predicted octanol–water partition coefficient (Wildman–Crippen LogP) is 2.44. The number of nitrogens with zero attached hydrogens (tertiary/aromatic N) is 3. The topological polar surface area (TPSA) is 39.9 Å². The van der Waals surface area contributed by atoms with Crippen LogP contribution in [0.5, 0.6) is 0 Å². The lowest BCUT2D eigenvalue weighted by atomic mass is 9.96. The molecular formula is C12H17N3. The second-order valence-corrected chi connectivity index (χ2v) is 4.93. The van der Waals surface area contributed by atoms with Crippen LogP contribution in [0.25, 0.3) is 0 Å². The summed E-state index contributed by atoms with van der Waals surface area (Å²) >= 11 is 0. The third kappa shape index (κ3) is 3.59. The quantitative estimate of drug-likeness (QED) is 0.741. The highest BCUT2D eigenvalue weighted by atomic mass is 15.1. The van der Waals surface area contributed by atoms with Crippen molar-refractivity contribution in [2.24, 2.45) is 5.41 Å².